The Labute approximate surface area is 115 Å². The molecule has 0 atom stereocenters. The fraction of sp³-hybridized carbons (Fsp3) is 0.143. The van der Waals surface area contributed by atoms with E-state index in [4.69, 9.17) is 0 Å². The first-order valence-electron chi connectivity index (χ1n) is 6.16. The van der Waals surface area contributed by atoms with Gasteiger partial charge in [-0.3, -0.25) is 9.48 Å². The second kappa shape index (κ2) is 4.73. The summed E-state index contributed by atoms with van der Waals surface area (Å²) < 4.78 is 1.67. The molecule has 20 heavy (non-hydrogen) atoms. The van der Waals surface area contributed by atoms with Gasteiger partial charge in [-0.1, -0.05) is 6.07 Å². The van der Waals surface area contributed by atoms with E-state index in [1.54, 1.807) is 10.9 Å². The fourth-order valence-electron chi connectivity index (χ4n) is 1.96. The van der Waals surface area contributed by atoms with Gasteiger partial charge in [0, 0.05) is 30.6 Å². The number of aryl methyl sites for hydroxylation is 2. The first-order valence-corrected chi connectivity index (χ1v) is 6.16. The topological polar surface area (TPSA) is 76.5 Å². The maximum atomic E-state index is 11.8. The van der Waals surface area contributed by atoms with Gasteiger partial charge in [0.2, 0.25) is 0 Å². The van der Waals surface area contributed by atoms with Gasteiger partial charge in [0.15, 0.2) is 5.82 Å². The third-order valence-corrected chi connectivity index (χ3v) is 2.87. The van der Waals surface area contributed by atoms with E-state index in [2.05, 4.69) is 20.1 Å². The molecule has 3 heterocycles. The van der Waals surface area contributed by atoms with Crippen molar-refractivity contribution in [3.63, 3.8) is 0 Å². The summed E-state index contributed by atoms with van der Waals surface area (Å²) in [5.74, 6) is 0.458. The molecule has 0 aromatic carbocycles. The van der Waals surface area contributed by atoms with E-state index in [1.165, 1.54) is 6.07 Å². The van der Waals surface area contributed by atoms with Crippen LogP contribution in [-0.4, -0.2) is 24.7 Å². The van der Waals surface area contributed by atoms with E-state index in [9.17, 15) is 4.79 Å². The second-order valence-corrected chi connectivity index (χ2v) is 4.55. The average molecular weight is 267 g/mol. The van der Waals surface area contributed by atoms with Gasteiger partial charge >= 0.3 is 0 Å². The minimum Gasteiger partial charge on any atom is -0.305 e. The summed E-state index contributed by atoms with van der Waals surface area (Å²) in [5, 5.41) is 4.09. The summed E-state index contributed by atoms with van der Waals surface area (Å²) in [6.45, 7) is 1.90. The van der Waals surface area contributed by atoms with Crippen molar-refractivity contribution in [2.45, 2.75) is 6.92 Å². The Hall–Kier alpha value is -2.76. The lowest BCUT2D eigenvalue weighted by Gasteiger charge is -2.03. The van der Waals surface area contributed by atoms with Gasteiger partial charge in [0.05, 0.1) is 11.9 Å². The monoisotopic (exact) mass is 267 g/mol. The van der Waals surface area contributed by atoms with E-state index < -0.39 is 0 Å². The van der Waals surface area contributed by atoms with E-state index in [-0.39, 0.29) is 5.56 Å². The molecule has 100 valence electrons. The minimum atomic E-state index is -0.211. The standard InChI is InChI=1S/C14H13N5O/c1-9-4-3-5-11(16-9)14-17-12(6-13(20)18-14)10-7-15-19(2)8-10/h3-8H,1-2H3,(H,17,18,20). The molecular formula is C14H13N5O. The van der Waals surface area contributed by atoms with E-state index in [0.717, 1.165) is 11.3 Å². The molecule has 0 spiro atoms. The predicted octanol–water partition coefficient (Wildman–Crippen LogP) is 1.54. The van der Waals surface area contributed by atoms with Crippen LogP contribution in [0.15, 0.2) is 41.5 Å². The zero-order chi connectivity index (χ0) is 14.1. The van der Waals surface area contributed by atoms with Crippen LogP contribution >= 0.6 is 0 Å². The minimum absolute atomic E-state index is 0.211. The van der Waals surface area contributed by atoms with Crippen molar-refractivity contribution in [1.82, 2.24) is 24.7 Å². The van der Waals surface area contributed by atoms with Crippen molar-refractivity contribution < 1.29 is 0 Å². The summed E-state index contributed by atoms with van der Waals surface area (Å²) in [6.07, 6.45) is 3.49. The number of pyridine rings is 1. The van der Waals surface area contributed by atoms with Crippen molar-refractivity contribution in [3.8, 4) is 22.8 Å². The van der Waals surface area contributed by atoms with Crippen LogP contribution in [0.2, 0.25) is 0 Å². The zero-order valence-corrected chi connectivity index (χ0v) is 11.2. The van der Waals surface area contributed by atoms with Gasteiger partial charge in [-0.2, -0.15) is 5.10 Å². The molecular weight excluding hydrogens is 254 g/mol. The number of aromatic amines is 1. The number of nitrogens with one attached hydrogen (secondary N) is 1. The Balaban J connectivity index is 2.14. The molecule has 6 nitrogen and oxygen atoms in total. The van der Waals surface area contributed by atoms with Crippen LogP contribution in [0.3, 0.4) is 0 Å². The van der Waals surface area contributed by atoms with E-state index >= 15 is 0 Å². The summed E-state index contributed by atoms with van der Waals surface area (Å²) in [7, 11) is 1.82. The highest BCUT2D eigenvalue weighted by Crippen LogP contribution is 2.17. The SMILES string of the molecule is Cc1cccc(-c2nc(-c3cnn(C)c3)cc(=O)[nH]2)n1. The molecule has 0 saturated heterocycles. The normalized spacial score (nSPS) is 10.7. The Morgan fingerprint density at radius 3 is 2.75 bits per heavy atom. The smallest absolute Gasteiger partial charge is 0.251 e. The first kappa shape index (κ1) is 12.3. The Bertz CT molecular complexity index is 818. The zero-order valence-electron chi connectivity index (χ0n) is 11.2. The predicted molar refractivity (Wildman–Crippen MR) is 75.0 cm³/mol. The van der Waals surface area contributed by atoms with Crippen LogP contribution in [0.4, 0.5) is 0 Å². The van der Waals surface area contributed by atoms with Gasteiger partial charge in [-0.25, -0.2) is 9.97 Å². The Morgan fingerprint density at radius 1 is 1.20 bits per heavy atom. The summed E-state index contributed by atoms with van der Waals surface area (Å²) in [5.41, 5.74) is 2.69. The Kier molecular flexibility index (Phi) is 2.90. The molecule has 0 aliphatic heterocycles. The molecule has 0 unspecified atom stereocenters. The average Bonchev–Trinajstić information content (AvgIpc) is 2.85. The van der Waals surface area contributed by atoms with Crippen LogP contribution in [0, 0.1) is 6.92 Å². The van der Waals surface area contributed by atoms with Crippen molar-refractivity contribution in [2.75, 3.05) is 0 Å². The fourth-order valence-corrected chi connectivity index (χ4v) is 1.96. The molecule has 0 amide bonds. The molecule has 0 bridgehead atoms. The third kappa shape index (κ3) is 2.35. The van der Waals surface area contributed by atoms with Crippen LogP contribution in [0.5, 0.6) is 0 Å². The molecule has 0 saturated carbocycles. The number of nitrogens with zero attached hydrogens (tertiary/aromatic N) is 4. The maximum Gasteiger partial charge on any atom is 0.251 e. The number of H-pyrrole nitrogens is 1. The molecule has 0 radical (unpaired) electrons. The second-order valence-electron chi connectivity index (χ2n) is 4.55. The van der Waals surface area contributed by atoms with Gasteiger partial charge in [-0.15, -0.1) is 0 Å². The van der Waals surface area contributed by atoms with Gasteiger partial charge in [-0.05, 0) is 19.1 Å². The molecule has 0 aliphatic carbocycles. The van der Waals surface area contributed by atoms with Crippen LogP contribution in [0.1, 0.15) is 5.69 Å². The van der Waals surface area contributed by atoms with Crippen molar-refractivity contribution in [2.24, 2.45) is 7.05 Å². The lowest BCUT2D eigenvalue weighted by atomic mass is 10.2. The van der Waals surface area contributed by atoms with Crippen molar-refractivity contribution in [1.29, 1.82) is 0 Å². The summed E-state index contributed by atoms with van der Waals surface area (Å²) >= 11 is 0. The van der Waals surface area contributed by atoms with E-state index in [0.29, 0.717) is 17.2 Å². The lowest BCUT2D eigenvalue weighted by Crippen LogP contribution is -2.09. The van der Waals surface area contributed by atoms with Crippen molar-refractivity contribution in [3.05, 3.63) is 52.7 Å². The van der Waals surface area contributed by atoms with Gasteiger partial charge < -0.3 is 4.98 Å². The molecule has 0 fully saturated rings. The lowest BCUT2D eigenvalue weighted by molar-refractivity contribution is 0.768. The van der Waals surface area contributed by atoms with Crippen molar-refractivity contribution >= 4 is 0 Å². The highest BCUT2D eigenvalue weighted by atomic mass is 16.1. The molecule has 1 N–H and O–H groups in total. The number of hydrogen-bond acceptors (Lipinski definition) is 4. The molecule has 3 aromatic rings. The summed E-state index contributed by atoms with van der Waals surface area (Å²) in [6, 6.07) is 7.05. The maximum absolute atomic E-state index is 11.8. The largest absolute Gasteiger partial charge is 0.305 e. The van der Waals surface area contributed by atoms with E-state index in [1.807, 2.05) is 38.4 Å². The number of aromatic nitrogens is 5. The number of hydrogen-bond donors (Lipinski definition) is 1. The van der Waals surface area contributed by atoms with Gasteiger partial charge in [0.25, 0.3) is 5.56 Å². The first-order chi connectivity index (χ1) is 9.61. The van der Waals surface area contributed by atoms with Crippen LogP contribution < -0.4 is 5.56 Å². The van der Waals surface area contributed by atoms with Gasteiger partial charge in [0.1, 0.15) is 5.69 Å². The number of rotatable bonds is 2. The molecule has 3 rings (SSSR count). The summed E-state index contributed by atoms with van der Waals surface area (Å²) in [4.78, 5) is 23.3. The highest BCUT2D eigenvalue weighted by Gasteiger charge is 2.08. The molecule has 0 aliphatic rings. The Morgan fingerprint density at radius 2 is 2.05 bits per heavy atom. The highest BCUT2D eigenvalue weighted by molar-refractivity contribution is 5.60. The third-order valence-electron chi connectivity index (χ3n) is 2.87. The molecule has 6 heteroatoms. The quantitative estimate of drug-likeness (QED) is 0.764. The van der Waals surface area contributed by atoms with Crippen LogP contribution in [0.25, 0.3) is 22.8 Å². The molecule has 3 aromatic heterocycles. The van der Waals surface area contributed by atoms with Crippen LogP contribution in [-0.2, 0) is 7.05 Å².